The van der Waals surface area contributed by atoms with Gasteiger partial charge in [-0.3, -0.25) is 9.48 Å². The van der Waals surface area contributed by atoms with Gasteiger partial charge in [-0.25, -0.2) is 4.39 Å². The maximum Gasteiger partial charge on any atom is 0.171 e. The van der Waals surface area contributed by atoms with E-state index in [9.17, 15) is 9.18 Å². The van der Waals surface area contributed by atoms with Crippen LogP contribution in [-0.2, 0) is 13.5 Å². The second-order valence-corrected chi connectivity index (χ2v) is 4.54. The number of hydrogen-bond donors (Lipinski definition) is 0. The maximum atomic E-state index is 13.7. The summed E-state index contributed by atoms with van der Waals surface area (Å²) in [5.41, 5.74) is 0.724. The molecule has 0 aliphatic carbocycles. The third-order valence-corrected chi connectivity index (χ3v) is 2.97. The fourth-order valence-corrected chi connectivity index (χ4v) is 1.90. The standard InChI is InChI=1S/C12H10BrFN2O/c1-16-6-5-8(15-16)7-11(17)9-3-2-4-10(13)12(9)14/h2-6H,7H2,1H3. The Hall–Kier alpha value is -1.49. The van der Waals surface area contributed by atoms with Gasteiger partial charge >= 0.3 is 0 Å². The zero-order chi connectivity index (χ0) is 12.4. The van der Waals surface area contributed by atoms with E-state index in [1.54, 1.807) is 36.1 Å². The first-order valence-corrected chi connectivity index (χ1v) is 5.83. The fraction of sp³-hybridized carbons (Fsp3) is 0.167. The highest BCUT2D eigenvalue weighted by atomic mass is 79.9. The molecule has 3 nitrogen and oxygen atoms in total. The Kier molecular flexibility index (Phi) is 3.38. The van der Waals surface area contributed by atoms with Gasteiger partial charge in [0, 0.05) is 13.2 Å². The quantitative estimate of drug-likeness (QED) is 0.817. The first-order valence-electron chi connectivity index (χ1n) is 5.03. The lowest BCUT2D eigenvalue weighted by molar-refractivity contribution is 0.0988. The minimum absolute atomic E-state index is 0.0880. The summed E-state index contributed by atoms with van der Waals surface area (Å²) < 4.78 is 15.6. The van der Waals surface area contributed by atoms with Gasteiger partial charge in [0.1, 0.15) is 5.82 Å². The number of halogens is 2. The summed E-state index contributed by atoms with van der Waals surface area (Å²) in [6, 6.07) is 6.42. The highest BCUT2D eigenvalue weighted by molar-refractivity contribution is 9.10. The normalized spacial score (nSPS) is 10.5. The first-order chi connectivity index (χ1) is 8.08. The van der Waals surface area contributed by atoms with Gasteiger partial charge in [0.05, 0.1) is 22.2 Å². The van der Waals surface area contributed by atoms with Crippen LogP contribution in [0.3, 0.4) is 0 Å². The highest BCUT2D eigenvalue weighted by Gasteiger charge is 2.15. The lowest BCUT2D eigenvalue weighted by atomic mass is 10.1. The Morgan fingerprint density at radius 2 is 2.24 bits per heavy atom. The summed E-state index contributed by atoms with van der Waals surface area (Å²) >= 11 is 3.06. The van der Waals surface area contributed by atoms with Crippen LogP contribution in [0.1, 0.15) is 16.1 Å². The Balaban J connectivity index is 2.23. The molecule has 0 aliphatic rings. The summed E-state index contributed by atoms with van der Waals surface area (Å²) in [6.45, 7) is 0. The predicted molar refractivity (Wildman–Crippen MR) is 65.3 cm³/mol. The number of carbonyl (C=O) groups is 1. The largest absolute Gasteiger partial charge is 0.294 e. The number of aromatic nitrogens is 2. The van der Waals surface area contributed by atoms with Crippen molar-refractivity contribution in [2.45, 2.75) is 6.42 Å². The summed E-state index contributed by atoms with van der Waals surface area (Å²) in [5.74, 6) is -0.795. The number of nitrogens with zero attached hydrogens (tertiary/aromatic N) is 2. The van der Waals surface area contributed by atoms with Gasteiger partial charge in [0.15, 0.2) is 5.78 Å². The van der Waals surface area contributed by atoms with Gasteiger partial charge < -0.3 is 0 Å². The van der Waals surface area contributed by atoms with Crippen LogP contribution in [-0.4, -0.2) is 15.6 Å². The van der Waals surface area contributed by atoms with Crippen molar-refractivity contribution in [3.63, 3.8) is 0 Å². The van der Waals surface area contributed by atoms with Gasteiger partial charge in [0.2, 0.25) is 0 Å². The van der Waals surface area contributed by atoms with Crippen LogP contribution in [0.5, 0.6) is 0 Å². The number of rotatable bonds is 3. The molecule has 1 aromatic carbocycles. The third kappa shape index (κ3) is 2.61. The van der Waals surface area contributed by atoms with Gasteiger partial charge in [-0.1, -0.05) is 6.07 Å². The molecule has 17 heavy (non-hydrogen) atoms. The van der Waals surface area contributed by atoms with Crippen molar-refractivity contribution < 1.29 is 9.18 Å². The average Bonchev–Trinajstić information content (AvgIpc) is 2.68. The minimum atomic E-state index is -0.520. The van der Waals surface area contributed by atoms with Crippen LogP contribution >= 0.6 is 15.9 Å². The van der Waals surface area contributed by atoms with Crippen LogP contribution in [0.4, 0.5) is 4.39 Å². The number of aryl methyl sites for hydroxylation is 1. The van der Waals surface area contributed by atoms with E-state index in [4.69, 9.17) is 0 Å². The van der Waals surface area contributed by atoms with Crippen LogP contribution in [0.25, 0.3) is 0 Å². The predicted octanol–water partition coefficient (Wildman–Crippen LogP) is 2.75. The maximum absolute atomic E-state index is 13.7. The Morgan fingerprint density at radius 3 is 2.88 bits per heavy atom. The van der Waals surface area contributed by atoms with Crippen molar-refractivity contribution in [2.75, 3.05) is 0 Å². The van der Waals surface area contributed by atoms with Gasteiger partial charge in [-0.05, 0) is 34.1 Å². The number of ketones is 1. The lowest BCUT2D eigenvalue weighted by Gasteiger charge is -2.02. The molecule has 0 aliphatic heterocycles. The van der Waals surface area contributed by atoms with E-state index in [0.29, 0.717) is 10.2 Å². The summed E-state index contributed by atoms with van der Waals surface area (Å²) in [7, 11) is 1.77. The molecule has 2 rings (SSSR count). The molecule has 88 valence electrons. The molecule has 0 unspecified atom stereocenters. The van der Waals surface area contributed by atoms with Crippen molar-refractivity contribution in [3.8, 4) is 0 Å². The Labute approximate surface area is 106 Å². The number of hydrogen-bond acceptors (Lipinski definition) is 2. The first kappa shape index (κ1) is 12.0. The molecule has 0 saturated carbocycles. The Bertz CT molecular complexity index is 565. The van der Waals surface area contributed by atoms with E-state index in [-0.39, 0.29) is 17.8 Å². The molecule has 1 aromatic heterocycles. The molecule has 5 heteroatoms. The molecule has 0 fully saturated rings. The van der Waals surface area contributed by atoms with Crippen LogP contribution < -0.4 is 0 Å². The van der Waals surface area contributed by atoms with E-state index in [2.05, 4.69) is 21.0 Å². The average molecular weight is 297 g/mol. The topological polar surface area (TPSA) is 34.9 Å². The molecular weight excluding hydrogens is 287 g/mol. The van der Waals surface area contributed by atoms with Gasteiger partial charge in [-0.15, -0.1) is 0 Å². The molecule has 0 radical (unpaired) electrons. The zero-order valence-corrected chi connectivity index (χ0v) is 10.7. The molecule has 0 atom stereocenters. The molecule has 2 aromatic rings. The van der Waals surface area contributed by atoms with Crippen LogP contribution in [0, 0.1) is 5.82 Å². The number of Topliss-reactive ketones (excluding diaryl/α,β-unsaturated/α-hetero) is 1. The number of benzene rings is 1. The monoisotopic (exact) mass is 296 g/mol. The van der Waals surface area contributed by atoms with Crippen molar-refractivity contribution in [1.29, 1.82) is 0 Å². The Morgan fingerprint density at radius 1 is 1.47 bits per heavy atom. The lowest BCUT2D eigenvalue weighted by Crippen LogP contribution is -2.07. The van der Waals surface area contributed by atoms with E-state index in [1.165, 1.54) is 6.07 Å². The summed E-state index contributed by atoms with van der Waals surface area (Å²) in [4.78, 5) is 11.9. The molecule has 0 saturated heterocycles. The second-order valence-electron chi connectivity index (χ2n) is 3.68. The van der Waals surface area contributed by atoms with Crippen molar-refractivity contribution in [3.05, 3.63) is 52.0 Å². The molecule has 1 heterocycles. The van der Waals surface area contributed by atoms with Crippen molar-refractivity contribution in [2.24, 2.45) is 7.05 Å². The SMILES string of the molecule is Cn1ccc(CC(=O)c2cccc(Br)c2F)n1. The van der Waals surface area contributed by atoms with Gasteiger partial charge in [-0.2, -0.15) is 5.10 Å². The van der Waals surface area contributed by atoms with Crippen molar-refractivity contribution >= 4 is 21.7 Å². The highest BCUT2D eigenvalue weighted by Crippen LogP contribution is 2.19. The number of carbonyl (C=O) groups excluding carboxylic acids is 1. The van der Waals surface area contributed by atoms with E-state index >= 15 is 0 Å². The molecule has 0 bridgehead atoms. The fourth-order valence-electron chi connectivity index (χ4n) is 1.54. The smallest absolute Gasteiger partial charge is 0.171 e. The zero-order valence-electron chi connectivity index (χ0n) is 9.15. The van der Waals surface area contributed by atoms with E-state index in [1.807, 2.05) is 0 Å². The van der Waals surface area contributed by atoms with E-state index < -0.39 is 5.82 Å². The summed E-state index contributed by atoms with van der Waals surface area (Å²) in [5, 5.41) is 4.09. The van der Waals surface area contributed by atoms with E-state index in [0.717, 1.165) is 0 Å². The van der Waals surface area contributed by atoms with Crippen LogP contribution in [0.15, 0.2) is 34.9 Å². The minimum Gasteiger partial charge on any atom is -0.294 e. The molecular formula is C12H10BrFN2O. The van der Waals surface area contributed by atoms with Crippen LogP contribution in [0.2, 0.25) is 0 Å². The summed E-state index contributed by atoms with van der Waals surface area (Å²) in [6.07, 6.45) is 1.86. The molecule has 0 amide bonds. The third-order valence-electron chi connectivity index (χ3n) is 2.36. The van der Waals surface area contributed by atoms with Gasteiger partial charge in [0.25, 0.3) is 0 Å². The molecule has 0 spiro atoms. The van der Waals surface area contributed by atoms with Crippen molar-refractivity contribution in [1.82, 2.24) is 9.78 Å². The second kappa shape index (κ2) is 4.79. The molecule has 0 N–H and O–H groups in total.